The maximum Gasteiger partial charge on any atom is 0.316 e. The van der Waals surface area contributed by atoms with Crippen LogP contribution < -0.4 is 0 Å². The van der Waals surface area contributed by atoms with Gasteiger partial charge in [0.15, 0.2) is 5.78 Å². The summed E-state index contributed by atoms with van der Waals surface area (Å²) in [7, 11) is 1.40. The molecule has 1 unspecified atom stereocenters. The molecule has 104 valence electrons. The van der Waals surface area contributed by atoms with Crippen molar-refractivity contribution in [2.45, 2.75) is 25.7 Å². The van der Waals surface area contributed by atoms with Gasteiger partial charge in [0.25, 0.3) is 0 Å². The van der Waals surface area contributed by atoms with E-state index in [1.165, 1.54) is 7.11 Å². The minimum Gasteiger partial charge on any atom is -0.468 e. The standard InChI is InChI=1S/C16H15ClO3/c1-20-15(19)16-7-5-10-3-2-4-13(17)14(10)12(16)9-11(18)6-8-16/h2-4,9H,5-8H2,1H3. The van der Waals surface area contributed by atoms with E-state index in [9.17, 15) is 9.59 Å². The van der Waals surface area contributed by atoms with Crippen molar-refractivity contribution in [1.29, 1.82) is 0 Å². The SMILES string of the molecule is COC(=O)C12CCC(=O)C=C1c1c(Cl)cccc1CC2. The van der Waals surface area contributed by atoms with E-state index < -0.39 is 5.41 Å². The first-order valence-corrected chi connectivity index (χ1v) is 7.07. The summed E-state index contributed by atoms with van der Waals surface area (Å²) in [6.07, 6.45) is 3.93. The van der Waals surface area contributed by atoms with E-state index in [0.717, 1.165) is 23.1 Å². The topological polar surface area (TPSA) is 43.4 Å². The number of carbonyl (C=O) groups is 2. The van der Waals surface area contributed by atoms with Crippen molar-refractivity contribution in [3.8, 4) is 0 Å². The molecule has 0 saturated carbocycles. The second-order valence-corrected chi connectivity index (χ2v) is 5.78. The van der Waals surface area contributed by atoms with Crippen LogP contribution in [0.15, 0.2) is 24.3 Å². The number of fused-ring (bicyclic) bond motifs is 3. The monoisotopic (exact) mass is 290 g/mol. The average molecular weight is 291 g/mol. The van der Waals surface area contributed by atoms with Gasteiger partial charge >= 0.3 is 5.97 Å². The van der Waals surface area contributed by atoms with Crippen LogP contribution >= 0.6 is 11.6 Å². The van der Waals surface area contributed by atoms with Crippen LogP contribution in [-0.4, -0.2) is 18.9 Å². The molecule has 0 amide bonds. The zero-order valence-corrected chi connectivity index (χ0v) is 12.0. The molecule has 4 heteroatoms. The van der Waals surface area contributed by atoms with E-state index in [-0.39, 0.29) is 11.8 Å². The van der Waals surface area contributed by atoms with Crippen LogP contribution in [-0.2, 0) is 20.7 Å². The molecule has 0 heterocycles. The molecule has 2 aliphatic rings. The number of ether oxygens (including phenoxy) is 1. The summed E-state index contributed by atoms with van der Waals surface area (Å²) in [6, 6.07) is 5.70. The highest BCUT2D eigenvalue weighted by Gasteiger charge is 2.48. The Morgan fingerprint density at radius 2 is 2.05 bits per heavy atom. The Balaban J connectivity index is 2.25. The fraction of sp³-hybridized carbons (Fsp3) is 0.375. The summed E-state index contributed by atoms with van der Waals surface area (Å²) in [6.45, 7) is 0. The Hall–Kier alpha value is -1.61. The largest absolute Gasteiger partial charge is 0.468 e. The number of allylic oxidation sites excluding steroid dienone is 1. The Morgan fingerprint density at radius 1 is 1.30 bits per heavy atom. The number of aryl methyl sites for hydroxylation is 1. The predicted molar refractivity (Wildman–Crippen MR) is 76.4 cm³/mol. The predicted octanol–water partition coefficient (Wildman–Crippen LogP) is 3.19. The Morgan fingerprint density at radius 3 is 2.80 bits per heavy atom. The molecule has 0 N–H and O–H groups in total. The lowest BCUT2D eigenvalue weighted by Gasteiger charge is -2.40. The lowest BCUT2D eigenvalue weighted by Crippen LogP contribution is -2.40. The Labute approximate surface area is 122 Å². The maximum atomic E-state index is 12.3. The lowest BCUT2D eigenvalue weighted by molar-refractivity contribution is -0.150. The van der Waals surface area contributed by atoms with Gasteiger partial charge in [-0.1, -0.05) is 23.7 Å². The molecule has 0 radical (unpaired) electrons. The van der Waals surface area contributed by atoms with Crippen LogP contribution in [0, 0.1) is 5.41 Å². The van der Waals surface area contributed by atoms with Gasteiger partial charge in [-0.15, -0.1) is 0 Å². The zero-order chi connectivity index (χ0) is 14.3. The third kappa shape index (κ3) is 1.80. The second kappa shape index (κ2) is 4.74. The van der Waals surface area contributed by atoms with Gasteiger partial charge in [-0.05, 0) is 42.5 Å². The van der Waals surface area contributed by atoms with Crippen LogP contribution in [0.3, 0.4) is 0 Å². The van der Waals surface area contributed by atoms with Crippen LogP contribution in [0.5, 0.6) is 0 Å². The fourth-order valence-corrected chi connectivity index (χ4v) is 3.65. The molecular formula is C16H15ClO3. The Bertz CT molecular complexity index is 633. The van der Waals surface area contributed by atoms with Crippen LogP contribution in [0.25, 0.3) is 5.57 Å². The fourth-order valence-electron chi connectivity index (χ4n) is 3.35. The van der Waals surface area contributed by atoms with Gasteiger partial charge in [-0.3, -0.25) is 9.59 Å². The van der Waals surface area contributed by atoms with Gasteiger partial charge in [-0.25, -0.2) is 0 Å². The number of rotatable bonds is 1. The molecule has 0 saturated heterocycles. The van der Waals surface area contributed by atoms with Gasteiger partial charge < -0.3 is 4.74 Å². The number of methoxy groups -OCH3 is 1. The van der Waals surface area contributed by atoms with Crippen molar-refractivity contribution in [3.05, 3.63) is 40.4 Å². The number of hydrogen-bond donors (Lipinski definition) is 0. The van der Waals surface area contributed by atoms with Crippen molar-refractivity contribution in [2.24, 2.45) is 5.41 Å². The molecule has 20 heavy (non-hydrogen) atoms. The summed E-state index contributed by atoms with van der Waals surface area (Å²) in [5, 5.41) is 0.594. The summed E-state index contributed by atoms with van der Waals surface area (Å²) in [5.41, 5.74) is 1.98. The number of benzene rings is 1. The second-order valence-electron chi connectivity index (χ2n) is 5.37. The molecule has 1 aromatic carbocycles. The van der Waals surface area contributed by atoms with E-state index in [4.69, 9.17) is 16.3 Å². The molecule has 1 atom stereocenters. The number of hydrogen-bond acceptors (Lipinski definition) is 3. The van der Waals surface area contributed by atoms with Crippen molar-refractivity contribution in [3.63, 3.8) is 0 Å². The van der Waals surface area contributed by atoms with Gasteiger partial charge in [-0.2, -0.15) is 0 Å². The van der Waals surface area contributed by atoms with Crippen molar-refractivity contribution < 1.29 is 14.3 Å². The highest BCUT2D eigenvalue weighted by atomic mass is 35.5. The van der Waals surface area contributed by atoms with Gasteiger partial charge in [0, 0.05) is 17.0 Å². The number of ketones is 1. The zero-order valence-electron chi connectivity index (χ0n) is 11.2. The molecule has 3 rings (SSSR count). The van der Waals surface area contributed by atoms with E-state index in [1.807, 2.05) is 12.1 Å². The number of halogens is 1. The van der Waals surface area contributed by atoms with E-state index in [1.54, 1.807) is 12.1 Å². The molecule has 3 nitrogen and oxygen atoms in total. The first kappa shape index (κ1) is 13.4. The van der Waals surface area contributed by atoms with Crippen molar-refractivity contribution in [2.75, 3.05) is 7.11 Å². The Kier molecular flexibility index (Phi) is 3.17. The normalized spacial score (nSPS) is 24.5. The van der Waals surface area contributed by atoms with Gasteiger partial charge in [0.2, 0.25) is 0 Å². The third-order valence-electron chi connectivity index (χ3n) is 4.39. The summed E-state index contributed by atoms with van der Waals surface area (Å²) in [4.78, 5) is 24.2. The van der Waals surface area contributed by atoms with E-state index in [2.05, 4.69) is 0 Å². The summed E-state index contributed by atoms with van der Waals surface area (Å²) < 4.78 is 5.01. The highest BCUT2D eigenvalue weighted by Crippen LogP contribution is 2.52. The molecule has 1 aromatic rings. The molecule has 0 fully saturated rings. The van der Waals surface area contributed by atoms with Gasteiger partial charge in [0.05, 0.1) is 12.5 Å². The van der Waals surface area contributed by atoms with Crippen LogP contribution in [0.1, 0.15) is 30.4 Å². The van der Waals surface area contributed by atoms with Crippen LogP contribution in [0.2, 0.25) is 5.02 Å². The molecule has 0 aromatic heterocycles. The molecule has 0 aliphatic heterocycles. The average Bonchev–Trinajstić information content (AvgIpc) is 2.46. The summed E-state index contributed by atoms with van der Waals surface area (Å²) in [5.74, 6) is -0.214. The van der Waals surface area contributed by atoms with E-state index >= 15 is 0 Å². The first-order valence-electron chi connectivity index (χ1n) is 6.70. The van der Waals surface area contributed by atoms with Crippen molar-refractivity contribution >= 4 is 28.9 Å². The minimum atomic E-state index is -0.708. The molecular weight excluding hydrogens is 276 g/mol. The summed E-state index contributed by atoms with van der Waals surface area (Å²) >= 11 is 6.32. The van der Waals surface area contributed by atoms with Crippen LogP contribution in [0.4, 0.5) is 0 Å². The quantitative estimate of drug-likeness (QED) is 0.746. The smallest absolute Gasteiger partial charge is 0.316 e. The molecule has 0 bridgehead atoms. The number of esters is 1. The highest BCUT2D eigenvalue weighted by molar-refractivity contribution is 6.33. The van der Waals surface area contributed by atoms with Crippen molar-refractivity contribution in [1.82, 2.24) is 0 Å². The first-order chi connectivity index (χ1) is 9.58. The minimum absolute atomic E-state index is 0.0484. The third-order valence-corrected chi connectivity index (χ3v) is 4.70. The molecule has 0 spiro atoms. The lowest BCUT2D eigenvalue weighted by atomic mass is 9.63. The van der Waals surface area contributed by atoms with Gasteiger partial charge in [0.1, 0.15) is 0 Å². The number of carbonyl (C=O) groups excluding carboxylic acids is 2. The molecule has 2 aliphatic carbocycles. The van der Waals surface area contributed by atoms with E-state index in [0.29, 0.717) is 24.3 Å². The maximum absolute atomic E-state index is 12.3.